The topological polar surface area (TPSA) is 63.2 Å². The lowest BCUT2D eigenvalue weighted by molar-refractivity contribution is 0.128. The van der Waals surface area contributed by atoms with Crippen molar-refractivity contribution >= 4 is 0 Å². The van der Waals surface area contributed by atoms with Crippen LogP contribution in [0.15, 0.2) is 35.2 Å². The lowest BCUT2D eigenvalue weighted by Crippen LogP contribution is -2.28. The summed E-state index contributed by atoms with van der Waals surface area (Å²) in [6, 6.07) is 3.75. The second kappa shape index (κ2) is 5.84. The summed E-state index contributed by atoms with van der Waals surface area (Å²) in [5, 5.41) is 13.3. The molecule has 2 heterocycles. The van der Waals surface area contributed by atoms with E-state index in [1.165, 1.54) is 0 Å². The van der Waals surface area contributed by atoms with Gasteiger partial charge in [-0.3, -0.25) is 0 Å². The molecule has 98 valence electrons. The van der Waals surface area contributed by atoms with Crippen LogP contribution < -0.4 is 5.32 Å². The van der Waals surface area contributed by atoms with Crippen LogP contribution in [-0.4, -0.2) is 20.7 Å². The zero-order valence-electron chi connectivity index (χ0n) is 10.7. The fourth-order valence-corrected chi connectivity index (χ4v) is 1.85. The average Bonchev–Trinajstić information content (AvgIpc) is 2.97. The van der Waals surface area contributed by atoms with Crippen LogP contribution in [0.4, 0.5) is 0 Å². The van der Waals surface area contributed by atoms with Crippen molar-refractivity contribution in [2.24, 2.45) is 7.05 Å². The normalized spacial score (nSPS) is 14.6. The van der Waals surface area contributed by atoms with E-state index in [0.29, 0.717) is 18.7 Å². The van der Waals surface area contributed by atoms with Crippen molar-refractivity contribution in [2.45, 2.75) is 32.0 Å². The Kier molecular flexibility index (Phi) is 4.17. The predicted molar refractivity (Wildman–Crippen MR) is 67.8 cm³/mol. The third-order valence-electron chi connectivity index (χ3n) is 2.98. The number of rotatable bonds is 6. The van der Waals surface area contributed by atoms with Crippen molar-refractivity contribution in [3.63, 3.8) is 0 Å². The molecule has 18 heavy (non-hydrogen) atoms. The molecule has 5 nitrogen and oxygen atoms in total. The summed E-state index contributed by atoms with van der Waals surface area (Å²) >= 11 is 0. The number of imidazole rings is 1. The van der Waals surface area contributed by atoms with E-state index in [2.05, 4.69) is 10.3 Å². The number of aliphatic hydroxyl groups is 1. The summed E-state index contributed by atoms with van der Waals surface area (Å²) in [4.78, 5) is 4.24. The van der Waals surface area contributed by atoms with Crippen molar-refractivity contribution in [1.82, 2.24) is 14.9 Å². The maximum atomic E-state index is 9.94. The molecule has 2 aromatic heterocycles. The van der Waals surface area contributed by atoms with Gasteiger partial charge >= 0.3 is 0 Å². The molecule has 0 unspecified atom stereocenters. The molecular formula is C13H19N3O2. The highest BCUT2D eigenvalue weighted by Gasteiger charge is 2.14. The molecule has 0 aliphatic carbocycles. The van der Waals surface area contributed by atoms with E-state index >= 15 is 0 Å². The van der Waals surface area contributed by atoms with E-state index < -0.39 is 6.10 Å². The molecule has 0 aliphatic rings. The van der Waals surface area contributed by atoms with Crippen LogP contribution >= 0.6 is 0 Å². The largest absolute Gasteiger partial charge is 0.467 e. The fourth-order valence-electron chi connectivity index (χ4n) is 1.85. The van der Waals surface area contributed by atoms with Gasteiger partial charge in [-0.2, -0.15) is 0 Å². The van der Waals surface area contributed by atoms with Crippen LogP contribution in [0.25, 0.3) is 0 Å². The summed E-state index contributed by atoms with van der Waals surface area (Å²) in [5.41, 5.74) is 0. The number of aliphatic hydroxyl groups excluding tert-OH is 1. The van der Waals surface area contributed by atoms with E-state index in [1.54, 1.807) is 24.6 Å². The van der Waals surface area contributed by atoms with Crippen LogP contribution in [0.5, 0.6) is 0 Å². The van der Waals surface area contributed by atoms with Crippen LogP contribution in [0.3, 0.4) is 0 Å². The van der Waals surface area contributed by atoms with Gasteiger partial charge in [0.05, 0.1) is 12.8 Å². The summed E-state index contributed by atoms with van der Waals surface area (Å²) < 4.78 is 7.15. The Morgan fingerprint density at radius 2 is 2.39 bits per heavy atom. The average molecular weight is 249 g/mol. The van der Waals surface area contributed by atoms with E-state index in [0.717, 1.165) is 5.82 Å². The first-order valence-electron chi connectivity index (χ1n) is 6.08. The Labute approximate surface area is 106 Å². The molecule has 0 amide bonds. The molecule has 0 saturated carbocycles. The molecule has 0 radical (unpaired) electrons. The maximum Gasteiger partial charge on any atom is 0.132 e. The number of hydrogen-bond acceptors (Lipinski definition) is 4. The van der Waals surface area contributed by atoms with Gasteiger partial charge in [-0.15, -0.1) is 0 Å². The first-order valence-corrected chi connectivity index (χ1v) is 6.08. The van der Waals surface area contributed by atoms with Crippen molar-refractivity contribution < 1.29 is 9.52 Å². The van der Waals surface area contributed by atoms with Crippen molar-refractivity contribution in [1.29, 1.82) is 0 Å². The molecule has 2 rings (SSSR count). The molecule has 0 aromatic carbocycles. The van der Waals surface area contributed by atoms with Crippen molar-refractivity contribution in [3.05, 3.63) is 42.4 Å². The molecule has 0 spiro atoms. The molecule has 0 fully saturated rings. The number of aryl methyl sites for hydroxylation is 1. The Bertz CT molecular complexity index is 464. The highest BCUT2D eigenvalue weighted by Crippen LogP contribution is 2.18. The van der Waals surface area contributed by atoms with Crippen LogP contribution in [0, 0.1) is 0 Å². The summed E-state index contributed by atoms with van der Waals surface area (Å²) in [6.07, 6.45) is 5.31. The smallest absolute Gasteiger partial charge is 0.132 e. The van der Waals surface area contributed by atoms with Crippen LogP contribution in [0.2, 0.25) is 0 Å². The number of aromatic nitrogens is 2. The maximum absolute atomic E-state index is 9.94. The third-order valence-corrected chi connectivity index (χ3v) is 2.98. The second-order valence-electron chi connectivity index (χ2n) is 4.50. The van der Waals surface area contributed by atoms with Crippen molar-refractivity contribution in [2.75, 3.05) is 0 Å². The third kappa shape index (κ3) is 3.21. The minimum Gasteiger partial charge on any atom is -0.467 e. The molecule has 2 atom stereocenters. The highest BCUT2D eigenvalue weighted by molar-refractivity contribution is 5.02. The molecule has 2 N–H and O–H groups in total. The highest BCUT2D eigenvalue weighted by atomic mass is 16.4. The van der Waals surface area contributed by atoms with Gasteiger partial charge in [-0.05, 0) is 25.5 Å². The van der Waals surface area contributed by atoms with E-state index in [9.17, 15) is 5.11 Å². The lowest BCUT2D eigenvalue weighted by Gasteiger charge is -2.16. The number of furan rings is 1. The first-order chi connectivity index (χ1) is 8.66. The number of nitrogens with zero attached hydrogens (tertiary/aromatic N) is 2. The van der Waals surface area contributed by atoms with E-state index in [-0.39, 0.29) is 6.04 Å². The molecule has 0 aliphatic heterocycles. The predicted octanol–water partition coefficient (Wildman–Crippen LogP) is 1.61. The fraction of sp³-hybridized carbons (Fsp3) is 0.462. The van der Waals surface area contributed by atoms with Gasteiger partial charge in [0, 0.05) is 25.5 Å². The standard InChI is InChI=1S/C13H19N3O2/c1-10(8-11(17)12-4-3-7-18-12)15-9-13-14-5-6-16(13)2/h3-7,10-11,15,17H,8-9H2,1-2H3/t10-,11+/m0/s1. The Morgan fingerprint density at radius 3 is 3.00 bits per heavy atom. The minimum atomic E-state index is -0.566. The van der Waals surface area contributed by atoms with Crippen LogP contribution in [0.1, 0.15) is 31.0 Å². The summed E-state index contributed by atoms with van der Waals surface area (Å²) in [7, 11) is 1.96. The number of nitrogens with one attached hydrogen (secondary N) is 1. The SMILES string of the molecule is C[C@@H](C[C@@H](O)c1ccco1)NCc1nccn1C. The van der Waals surface area contributed by atoms with Crippen LogP contribution in [-0.2, 0) is 13.6 Å². The summed E-state index contributed by atoms with van der Waals surface area (Å²) in [5.74, 6) is 1.59. The van der Waals surface area contributed by atoms with Gasteiger partial charge in [0.15, 0.2) is 0 Å². The van der Waals surface area contributed by atoms with Gasteiger partial charge in [-0.1, -0.05) is 0 Å². The Balaban J connectivity index is 1.79. The molecule has 5 heteroatoms. The molecular weight excluding hydrogens is 230 g/mol. The number of hydrogen-bond donors (Lipinski definition) is 2. The molecule has 2 aromatic rings. The van der Waals surface area contributed by atoms with Gasteiger partial charge < -0.3 is 19.4 Å². The van der Waals surface area contributed by atoms with Gasteiger partial charge in [0.25, 0.3) is 0 Å². The Morgan fingerprint density at radius 1 is 1.56 bits per heavy atom. The Hall–Kier alpha value is -1.59. The molecule has 0 saturated heterocycles. The monoisotopic (exact) mass is 249 g/mol. The van der Waals surface area contributed by atoms with Gasteiger partial charge in [0.1, 0.15) is 17.7 Å². The zero-order valence-corrected chi connectivity index (χ0v) is 10.7. The van der Waals surface area contributed by atoms with E-state index in [4.69, 9.17) is 4.42 Å². The first kappa shape index (κ1) is 12.9. The summed E-state index contributed by atoms with van der Waals surface area (Å²) in [6.45, 7) is 2.73. The zero-order chi connectivity index (χ0) is 13.0. The second-order valence-corrected chi connectivity index (χ2v) is 4.50. The molecule has 0 bridgehead atoms. The minimum absolute atomic E-state index is 0.182. The van der Waals surface area contributed by atoms with Crippen molar-refractivity contribution in [3.8, 4) is 0 Å². The quantitative estimate of drug-likeness (QED) is 0.816. The van der Waals surface area contributed by atoms with E-state index in [1.807, 2.05) is 24.7 Å². The van der Waals surface area contributed by atoms with Gasteiger partial charge in [0.2, 0.25) is 0 Å². The lowest BCUT2D eigenvalue weighted by atomic mass is 10.1. The van der Waals surface area contributed by atoms with Gasteiger partial charge in [-0.25, -0.2) is 4.98 Å².